The van der Waals surface area contributed by atoms with E-state index in [4.69, 9.17) is 5.11 Å². The second kappa shape index (κ2) is 8.76. The van der Waals surface area contributed by atoms with Gasteiger partial charge in [-0.1, -0.05) is 12.1 Å². The van der Waals surface area contributed by atoms with Crippen molar-refractivity contribution in [1.29, 1.82) is 0 Å². The summed E-state index contributed by atoms with van der Waals surface area (Å²) in [4.78, 5) is 11.8. The van der Waals surface area contributed by atoms with E-state index in [1.54, 1.807) is 6.92 Å². The molecule has 3 N–H and O–H groups in total. The van der Waals surface area contributed by atoms with E-state index in [-0.39, 0.29) is 24.7 Å². The van der Waals surface area contributed by atoms with Crippen LogP contribution in [0.25, 0.3) is 0 Å². The first-order valence-corrected chi connectivity index (χ1v) is 7.56. The Morgan fingerprint density at radius 2 is 1.70 bits per heavy atom. The van der Waals surface area contributed by atoms with E-state index in [2.05, 4.69) is 10.6 Å². The van der Waals surface area contributed by atoms with Crippen molar-refractivity contribution in [3.8, 4) is 0 Å². The first-order chi connectivity index (χ1) is 10.7. The minimum Gasteiger partial charge on any atom is -0.396 e. The molecule has 0 radical (unpaired) electrons. The summed E-state index contributed by atoms with van der Waals surface area (Å²) in [7, 11) is 0. The monoisotopic (exact) mass is 332 g/mol. The van der Waals surface area contributed by atoms with E-state index >= 15 is 0 Å². The third kappa shape index (κ3) is 7.36. The normalized spacial score (nSPS) is 14.2. The van der Waals surface area contributed by atoms with Crippen LogP contribution < -0.4 is 10.6 Å². The number of urea groups is 1. The average molecular weight is 332 g/mol. The van der Waals surface area contributed by atoms with Gasteiger partial charge in [-0.2, -0.15) is 13.2 Å². The third-order valence-corrected chi connectivity index (χ3v) is 3.37. The van der Waals surface area contributed by atoms with Gasteiger partial charge >= 0.3 is 12.2 Å². The van der Waals surface area contributed by atoms with Gasteiger partial charge in [0.05, 0.1) is 5.56 Å². The smallest absolute Gasteiger partial charge is 0.396 e. The molecule has 0 aromatic heterocycles. The fraction of sp³-hybridized carbons (Fsp3) is 0.562. The number of carbonyl (C=O) groups excluding carboxylic acids is 1. The van der Waals surface area contributed by atoms with Gasteiger partial charge in [0.2, 0.25) is 0 Å². The molecule has 2 atom stereocenters. The van der Waals surface area contributed by atoms with Crippen molar-refractivity contribution in [3.63, 3.8) is 0 Å². The Bertz CT molecular complexity index is 489. The van der Waals surface area contributed by atoms with Crippen LogP contribution in [-0.4, -0.2) is 29.8 Å². The number of rotatable bonds is 7. The molecule has 0 spiro atoms. The number of alkyl halides is 3. The standard InChI is InChI=1S/C16H23F3N2O2/c1-11(4-3-9-22)20-15(23)21-12(2)10-13-5-7-14(8-6-13)16(17,18)19/h5-8,11-12,22H,3-4,9-10H2,1-2H3,(H2,20,21,23). The Morgan fingerprint density at radius 1 is 1.13 bits per heavy atom. The SMILES string of the molecule is CC(CCCO)NC(=O)NC(C)Cc1ccc(C(F)(F)F)cc1. The fourth-order valence-corrected chi connectivity index (χ4v) is 2.19. The van der Waals surface area contributed by atoms with Gasteiger partial charge in [0.15, 0.2) is 0 Å². The number of aliphatic hydroxyl groups is 1. The number of hydrogen-bond acceptors (Lipinski definition) is 2. The Morgan fingerprint density at radius 3 is 2.22 bits per heavy atom. The molecule has 0 saturated carbocycles. The van der Waals surface area contributed by atoms with Crippen LogP contribution in [0.3, 0.4) is 0 Å². The molecule has 1 rings (SSSR count). The molecule has 1 aromatic carbocycles. The highest BCUT2D eigenvalue weighted by Gasteiger charge is 2.29. The molecule has 130 valence electrons. The lowest BCUT2D eigenvalue weighted by Crippen LogP contribution is -2.45. The molecule has 7 heteroatoms. The zero-order chi connectivity index (χ0) is 17.5. The summed E-state index contributed by atoms with van der Waals surface area (Å²) in [6, 6.07) is 4.33. The van der Waals surface area contributed by atoms with Gasteiger partial charge in [-0.25, -0.2) is 4.79 Å². The van der Waals surface area contributed by atoms with Crippen LogP contribution in [0.15, 0.2) is 24.3 Å². The summed E-state index contributed by atoms with van der Waals surface area (Å²) in [6.07, 6.45) is -2.61. The summed E-state index contributed by atoms with van der Waals surface area (Å²) in [5.74, 6) is 0. The summed E-state index contributed by atoms with van der Waals surface area (Å²) in [5, 5.41) is 14.2. The molecule has 0 fully saturated rings. The number of carbonyl (C=O) groups is 1. The van der Waals surface area contributed by atoms with Crippen LogP contribution >= 0.6 is 0 Å². The van der Waals surface area contributed by atoms with Crippen LogP contribution in [0.2, 0.25) is 0 Å². The lowest BCUT2D eigenvalue weighted by Gasteiger charge is -2.18. The quantitative estimate of drug-likeness (QED) is 0.718. The van der Waals surface area contributed by atoms with Crippen LogP contribution in [0.4, 0.5) is 18.0 Å². The first-order valence-electron chi connectivity index (χ1n) is 7.56. The van der Waals surface area contributed by atoms with Crippen LogP contribution in [0.5, 0.6) is 0 Å². The molecular formula is C16H23F3N2O2. The van der Waals surface area contributed by atoms with Gasteiger partial charge in [-0.3, -0.25) is 0 Å². The molecule has 4 nitrogen and oxygen atoms in total. The van der Waals surface area contributed by atoms with Crippen LogP contribution in [0.1, 0.15) is 37.8 Å². The number of halogens is 3. The van der Waals surface area contributed by atoms with Crippen molar-refractivity contribution >= 4 is 6.03 Å². The van der Waals surface area contributed by atoms with Crippen molar-refractivity contribution in [1.82, 2.24) is 10.6 Å². The highest BCUT2D eigenvalue weighted by atomic mass is 19.4. The molecule has 1 aromatic rings. The topological polar surface area (TPSA) is 61.4 Å². The predicted octanol–water partition coefficient (Wildman–Crippen LogP) is 3.10. The molecule has 2 amide bonds. The van der Waals surface area contributed by atoms with E-state index in [0.717, 1.165) is 17.7 Å². The number of aliphatic hydroxyl groups excluding tert-OH is 1. The minimum absolute atomic E-state index is 0.0552. The van der Waals surface area contributed by atoms with Gasteiger partial charge in [-0.15, -0.1) is 0 Å². The fourth-order valence-electron chi connectivity index (χ4n) is 2.19. The maximum atomic E-state index is 12.5. The first kappa shape index (κ1) is 19.3. The largest absolute Gasteiger partial charge is 0.416 e. The summed E-state index contributed by atoms with van der Waals surface area (Å²) in [5.41, 5.74) is 0.0384. The third-order valence-electron chi connectivity index (χ3n) is 3.37. The van der Waals surface area contributed by atoms with Crippen molar-refractivity contribution in [2.45, 2.75) is 51.4 Å². The average Bonchev–Trinajstić information content (AvgIpc) is 2.44. The summed E-state index contributed by atoms with van der Waals surface area (Å²) in [6.45, 7) is 3.71. The molecule has 0 aliphatic rings. The van der Waals surface area contributed by atoms with Crippen LogP contribution in [-0.2, 0) is 12.6 Å². The summed E-state index contributed by atoms with van der Waals surface area (Å²) >= 11 is 0. The molecule has 0 heterocycles. The van der Waals surface area contributed by atoms with Gasteiger partial charge in [-0.05, 0) is 50.8 Å². The van der Waals surface area contributed by atoms with Gasteiger partial charge in [0, 0.05) is 18.7 Å². The number of amides is 2. The van der Waals surface area contributed by atoms with Gasteiger partial charge < -0.3 is 15.7 Å². The lowest BCUT2D eigenvalue weighted by atomic mass is 10.1. The predicted molar refractivity (Wildman–Crippen MR) is 82.1 cm³/mol. The molecule has 0 bridgehead atoms. The number of hydrogen-bond donors (Lipinski definition) is 3. The summed E-state index contributed by atoms with van der Waals surface area (Å²) < 4.78 is 37.4. The molecule has 0 aliphatic heterocycles. The van der Waals surface area contributed by atoms with Crippen molar-refractivity contribution in [2.24, 2.45) is 0 Å². The van der Waals surface area contributed by atoms with Crippen molar-refractivity contribution in [2.75, 3.05) is 6.61 Å². The Hall–Kier alpha value is -1.76. The van der Waals surface area contributed by atoms with Gasteiger partial charge in [0.25, 0.3) is 0 Å². The highest BCUT2D eigenvalue weighted by Crippen LogP contribution is 2.29. The minimum atomic E-state index is -4.34. The Balaban J connectivity index is 2.44. The highest BCUT2D eigenvalue weighted by molar-refractivity contribution is 5.74. The Kier molecular flexibility index (Phi) is 7.35. The molecule has 23 heavy (non-hydrogen) atoms. The molecule has 2 unspecified atom stereocenters. The second-order valence-electron chi connectivity index (χ2n) is 5.68. The van der Waals surface area contributed by atoms with E-state index in [9.17, 15) is 18.0 Å². The van der Waals surface area contributed by atoms with E-state index in [1.165, 1.54) is 12.1 Å². The molecule has 0 aliphatic carbocycles. The lowest BCUT2D eigenvalue weighted by molar-refractivity contribution is -0.137. The Labute approximate surface area is 134 Å². The molecular weight excluding hydrogens is 309 g/mol. The van der Waals surface area contributed by atoms with E-state index in [0.29, 0.717) is 19.3 Å². The maximum absolute atomic E-state index is 12.5. The van der Waals surface area contributed by atoms with Crippen molar-refractivity contribution in [3.05, 3.63) is 35.4 Å². The second-order valence-corrected chi connectivity index (χ2v) is 5.68. The molecule has 0 saturated heterocycles. The van der Waals surface area contributed by atoms with Crippen molar-refractivity contribution < 1.29 is 23.1 Å². The zero-order valence-electron chi connectivity index (χ0n) is 13.3. The van der Waals surface area contributed by atoms with Gasteiger partial charge in [0.1, 0.15) is 0 Å². The maximum Gasteiger partial charge on any atom is 0.416 e. The number of benzene rings is 1. The van der Waals surface area contributed by atoms with E-state index < -0.39 is 11.7 Å². The van der Waals surface area contributed by atoms with E-state index in [1.807, 2.05) is 6.92 Å². The van der Waals surface area contributed by atoms with Crippen LogP contribution in [0, 0.1) is 0 Å². The zero-order valence-corrected chi connectivity index (χ0v) is 13.3. The number of nitrogens with one attached hydrogen (secondary N) is 2.